The van der Waals surface area contributed by atoms with E-state index < -0.39 is 5.91 Å². The minimum Gasteiger partial charge on any atom is -0.373 e. The van der Waals surface area contributed by atoms with Crippen molar-refractivity contribution in [2.24, 2.45) is 40.7 Å². The number of nitrogens with two attached hydrogens (primary N) is 1. The van der Waals surface area contributed by atoms with Crippen LogP contribution in [-0.4, -0.2) is 42.0 Å². The first kappa shape index (κ1) is 16.5. The SMILES string of the molecule is COC1(c2ccnc(C(N)=O)c2)C2CCCC1CN([C@H]1C[C@H]3[C@H]4C1[C@]43C)C2. The number of aromatic nitrogens is 1. The van der Waals surface area contributed by atoms with E-state index in [2.05, 4.69) is 16.8 Å². The Morgan fingerprint density at radius 3 is 2.56 bits per heavy atom. The Bertz CT molecular complexity index is 806. The summed E-state index contributed by atoms with van der Waals surface area (Å²) in [5.41, 5.74) is 7.35. The topological polar surface area (TPSA) is 68.5 Å². The maximum Gasteiger partial charge on any atom is 0.267 e. The summed E-state index contributed by atoms with van der Waals surface area (Å²) in [6.45, 7) is 4.75. The average molecular weight is 367 g/mol. The number of piperidine rings is 1. The smallest absolute Gasteiger partial charge is 0.267 e. The van der Waals surface area contributed by atoms with E-state index in [4.69, 9.17) is 10.5 Å². The van der Waals surface area contributed by atoms with Gasteiger partial charge in [-0.1, -0.05) is 13.3 Å². The highest BCUT2D eigenvalue weighted by molar-refractivity contribution is 5.90. The minimum absolute atomic E-state index is 0.305. The van der Waals surface area contributed by atoms with Gasteiger partial charge in [0.1, 0.15) is 11.3 Å². The molecule has 3 unspecified atom stereocenters. The van der Waals surface area contributed by atoms with Gasteiger partial charge in [-0.25, -0.2) is 0 Å². The number of rotatable bonds is 4. The van der Waals surface area contributed by atoms with Crippen LogP contribution in [0.4, 0.5) is 0 Å². The number of amides is 1. The molecule has 7 rings (SSSR count). The summed E-state index contributed by atoms with van der Waals surface area (Å²) in [5, 5.41) is 0. The second kappa shape index (κ2) is 5.12. The molecule has 1 aromatic rings. The zero-order valence-corrected chi connectivity index (χ0v) is 16.2. The van der Waals surface area contributed by atoms with Gasteiger partial charge in [0, 0.05) is 44.3 Å². The first-order valence-electron chi connectivity index (χ1n) is 10.6. The zero-order chi connectivity index (χ0) is 18.6. The molecule has 2 N–H and O–H groups in total. The second-order valence-electron chi connectivity index (χ2n) is 9.90. The van der Waals surface area contributed by atoms with Crippen LogP contribution in [0.2, 0.25) is 0 Å². The van der Waals surface area contributed by atoms with Crippen molar-refractivity contribution in [2.45, 2.75) is 44.2 Å². The molecule has 1 amide bonds. The van der Waals surface area contributed by atoms with Crippen molar-refractivity contribution in [3.8, 4) is 0 Å². The summed E-state index contributed by atoms with van der Waals surface area (Å²) in [5.74, 6) is 3.53. The fraction of sp³-hybridized carbons (Fsp3) is 0.727. The van der Waals surface area contributed by atoms with E-state index in [1.807, 2.05) is 19.2 Å². The molecule has 5 aliphatic carbocycles. The lowest BCUT2D eigenvalue weighted by Crippen LogP contribution is -2.60. The first-order valence-corrected chi connectivity index (χ1v) is 10.6. The number of likely N-dealkylation sites (tertiary alicyclic amines) is 1. The summed E-state index contributed by atoms with van der Waals surface area (Å²) in [6, 6.07) is 4.72. The molecule has 4 bridgehead atoms. The van der Waals surface area contributed by atoms with Gasteiger partial charge in [0.2, 0.25) is 0 Å². The van der Waals surface area contributed by atoms with E-state index in [0.29, 0.717) is 17.5 Å². The molecule has 0 aromatic carbocycles. The maximum absolute atomic E-state index is 11.7. The first-order chi connectivity index (χ1) is 13.0. The Morgan fingerprint density at radius 1 is 1.30 bits per heavy atom. The predicted molar refractivity (Wildman–Crippen MR) is 101 cm³/mol. The highest BCUT2D eigenvalue weighted by Gasteiger charge is 2.89. The molecule has 144 valence electrons. The van der Waals surface area contributed by atoms with Crippen LogP contribution >= 0.6 is 0 Å². The lowest BCUT2D eigenvalue weighted by Gasteiger charge is -2.56. The van der Waals surface area contributed by atoms with Crippen LogP contribution in [-0.2, 0) is 10.3 Å². The van der Waals surface area contributed by atoms with Crippen LogP contribution in [0.15, 0.2) is 18.3 Å². The van der Waals surface area contributed by atoms with Crippen LogP contribution in [0.25, 0.3) is 0 Å². The number of fused-ring (bicyclic) bond motifs is 3. The van der Waals surface area contributed by atoms with Gasteiger partial charge < -0.3 is 10.5 Å². The fourth-order valence-corrected chi connectivity index (χ4v) is 7.95. The van der Waals surface area contributed by atoms with Gasteiger partial charge in [-0.05, 0) is 60.1 Å². The third-order valence-electron chi connectivity index (χ3n) is 9.25. The lowest BCUT2D eigenvalue weighted by atomic mass is 9.62. The monoisotopic (exact) mass is 367 g/mol. The number of methoxy groups -OCH3 is 1. The van der Waals surface area contributed by atoms with Gasteiger partial charge in [0.25, 0.3) is 5.91 Å². The summed E-state index contributed by atoms with van der Waals surface area (Å²) < 4.78 is 6.33. The average Bonchev–Trinajstić information content (AvgIpc) is 3.28. The lowest BCUT2D eigenvalue weighted by molar-refractivity contribution is -0.174. The van der Waals surface area contributed by atoms with Crippen molar-refractivity contribution in [1.82, 2.24) is 9.88 Å². The summed E-state index contributed by atoms with van der Waals surface area (Å²) in [6.07, 6.45) is 6.80. The van der Waals surface area contributed by atoms with E-state index in [9.17, 15) is 4.79 Å². The number of carbonyl (C=O) groups is 1. The molecule has 5 saturated carbocycles. The number of primary amides is 1. The standard InChI is InChI=1S/C22H29N3O2/c1-21-15-9-17(19(21)18(15)21)25-10-13-4-3-5-14(11-25)22(13,27-2)12-6-7-24-16(8-12)20(23)26/h6-8,13-15,17-19H,3-5,9-11H2,1-2H3,(H2,23,26)/t13?,14?,15-,17-,18-,19?,21-,22?/m0/s1. The van der Waals surface area contributed by atoms with Crippen molar-refractivity contribution in [2.75, 3.05) is 20.2 Å². The number of pyridine rings is 1. The molecule has 5 heteroatoms. The van der Waals surface area contributed by atoms with Gasteiger partial charge in [0.05, 0.1) is 0 Å². The van der Waals surface area contributed by atoms with Crippen molar-refractivity contribution in [3.63, 3.8) is 0 Å². The normalized spacial score (nSPS) is 49.6. The Morgan fingerprint density at radius 2 is 2.00 bits per heavy atom. The number of nitrogens with zero attached hydrogens (tertiary/aromatic N) is 2. The third kappa shape index (κ3) is 1.88. The summed E-state index contributed by atoms with van der Waals surface area (Å²) >= 11 is 0. The minimum atomic E-state index is -0.465. The van der Waals surface area contributed by atoms with Crippen LogP contribution in [0, 0.1) is 35.0 Å². The predicted octanol–water partition coefficient (Wildman–Crippen LogP) is 2.41. The highest BCUT2D eigenvalue weighted by atomic mass is 16.5. The van der Waals surface area contributed by atoms with Crippen molar-refractivity contribution >= 4 is 5.91 Å². The molecule has 5 nitrogen and oxygen atoms in total. The van der Waals surface area contributed by atoms with Crippen LogP contribution in [0.3, 0.4) is 0 Å². The summed E-state index contributed by atoms with van der Waals surface area (Å²) in [7, 11) is 1.85. The molecule has 1 saturated heterocycles. The molecular weight excluding hydrogens is 338 g/mol. The van der Waals surface area contributed by atoms with Crippen LogP contribution < -0.4 is 5.73 Å². The molecule has 0 spiro atoms. The van der Waals surface area contributed by atoms with E-state index in [1.165, 1.54) is 25.7 Å². The summed E-state index contributed by atoms with van der Waals surface area (Å²) in [4.78, 5) is 18.7. The molecule has 0 radical (unpaired) electrons. The largest absolute Gasteiger partial charge is 0.373 e. The maximum atomic E-state index is 11.7. The number of hydrogen-bond donors (Lipinski definition) is 1. The van der Waals surface area contributed by atoms with Gasteiger partial charge in [-0.2, -0.15) is 0 Å². The zero-order valence-electron chi connectivity index (χ0n) is 16.2. The van der Waals surface area contributed by atoms with Crippen LogP contribution in [0.5, 0.6) is 0 Å². The molecule has 1 aliphatic heterocycles. The Balaban J connectivity index is 1.33. The van der Waals surface area contributed by atoms with Gasteiger partial charge in [-0.15, -0.1) is 0 Å². The van der Waals surface area contributed by atoms with E-state index in [-0.39, 0.29) is 5.60 Å². The van der Waals surface area contributed by atoms with Crippen LogP contribution in [0.1, 0.15) is 48.7 Å². The molecule has 6 aliphatic rings. The number of hydrogen-bond acceptors (Lipinski definition) is 4. The highest BCUT2D eigenvalue weighted by Crippen LogP contribution is 2.91. The van der Waals surface area contributed by atoms with Crippen molar-refractivity contribution in [1.29, 1.82) is 0 Å². The molecule has 27 heavy (non-hydrogen) atoms. The molecule has 1 aromatic heterocycles. The number of carbonyl (C=O) groups excluding carboxylic acids is 1. The van der Waals surface area contributed by atoms with Crippen molar-refractivity contribution < 1.29 is 9.53 Å². The third-order valence-corrected chi connectivity index (χ3v) is 9.25. The van der Waals surface area contributed by atoms with Crippen molar-refractivity contribution in [3.05, 3.63) is 29.6 Å². The van der Waals surface area contributed by atoms with Gasteiger partial charge in [-0.3, -0.25) is 14.7 Å². The second-order valence-corrected chi connectivity index (χ2v) is 9.90. The molecule has 2 heterocycles. The molecule has 7 atom stereocenters. The quantitative estimate of drug-likeness (QED) is 0.887. The van der Waals surface area contributed by atoms with E-state index in [0.717, 1.165) is 47.9 Å². The van der Waals surface area contributed by atoms with Gasteiger partial charge in [0.15, 0.2) is 0 Å². The Kier molecular flexibility index (Phi) is 3.13. The molecular formula is C22H29N3O2. The fourth-order valence-electron chi connectivity index (χ4n) is 7.95. The van der Waals surface area contributed by atoms with Gasteiger partial charge >= 0.3 is 0 Å². The van der Waals surface area contributed by atoms with E-state index in [1.54, 1.807) is 6.20 Å². The Hall–Kier alpha value is -1.46. The number of ether oxygens (including phenoxy) is 1. The molecule has 6 fully saturated rings. The Labute approximate surface area is 160 Å². The van der Waals surface area contributed by atoms with E-state index >= 15 is 0 Å².